The maximum absolute atomic E-state index is 5.27. The number of hydrogen-bond donors (Lipinski definition) is 1. The summed E-state index contributed by atoms with van der Waals surface area (Å²) in [5, 5.41) is 3.68. The molecule has 1 N–H and O–H groups in total. The monoisotopic (exact) mass is 231 g/mol. The van der Waals surface area contributed by atoms with Crippen molar-refractivity contribution in [2.45, 2.75) is 6.54 Å². The molecule has 2 heterocycles. The average Bonchev–Trinajstić information content (AvgIpc) is 2.89. The van der Waals surface area contributed by atoms with Gasteiger partial charge >= 0.3 is 0 Å². The molecule has 2 aromatic heterocycles. The van der Waals surface area contributed by atoms with Gasteiger partial charge in [0.15, 0.2) is 10.5 Å². The van der Waals surface area contributed by atoms with Crippen LogP contribution in [0.4, 0.5) is 0 Å². The Kier molecular flexibility index (Phi) is 2.11. The van der Waals surface area contributed by atoms with E-state index in [9.17, 15) is 0 Å². The summed E-state index contributed by atoms with van der Waals surface area (Å²) in [7, 11) is 0. The lowest BCUT2D eigenvalue weighted by molar-refractivity contribution is 0.377. The number of para-hydroxylation sites is 2. The van der Waals surface area contributed by atoms with Gasteiger partial charge in [-0.3, -0.25) is 0 Å². The number of H-pyrrole nitrogens is 1. The number of nitrogens with zero attached hydrogens (tertiary/aromatic N) is 2. The van der Waals surface area contributed by atoms with Crippen molar-refractivity contribution in [1.82, 2.24) is 14.7 Å². The van der Waals surface area contributed by atoms with E-state index in [-0.39, 0.29) is 0 Å². The van der Waals surface area contributed by atoms with Crippen LogP contribution in [0.3, 0.4) is 0 Å². The minimum Gasteiger partial charge on any atom is -0.359 e. The molecule has 3 rings (SSSR count). The van der Waals surface area contributed by atoms with E-state index in [1.807, 2.05) is 34.9 Å². The molecule has 0 saturated heterocycles. The predicted octanol–water partition coefficient (Wildman–Crippen LogP) is 2.74. The van der Waals surface area contributed by atoms with Gasteiger partial charge < -0.3 is 14.1 Å². The molecule has 0 aliphatic rings. The van der Waals surface area contributed by atoms with Gasteiger partial charge in [0.1, 0.15) is 0 Å². The van der Waals surface area contributed by atoms with Crippen LogP contribution in [0.5, 0.6) is 0 Å². The van der Waals surface area contributed by atoms with Crippen LogP contribution in [-0.4, -0.2) is 14.7 Å². The number of aromatic amines is 1. The van der Waals surface area contributed by atoms with Crippen molar-refractivity contribution < 1.29 is 4.52 Å². The van der Waals surface area contributed by atoms with Crippen molar-refractivity contribution in [3.8, 4) is 0 Å². The number of aromatic nitrogens is 3. The molecule has 0 radical (unpaired) electrons. The third kappa shape index (κ3) is 1.45. The van der Waals surface area contributed by atoms with Crippen LogP contribution >= 0.6 is 12.2 Å². The van der Waals surface area contributed by atoms with E-state index in [1.54, 1.807) is 6.20 Å². The second-order valence-electron chi connectivity index (χ2n) is 3.51. The van der Waals surface area contributed by atoms with Gasteiger partial charge in [0.05, 0.1) is 23.8 Å². The highest BCUT2D eigenvalue weighted by atomic mass is 32.1. The summed E-state index contributed by atoms with van der Waals surface area (Å²) >= 11 is 5.27. The molecule has 0 bridgehead atoms. The molecule has 5 heteroatoms. The van der Waals surface area contributed by atoms with Gasteiger partial charge in [-0.15, -0.1) is 0 Å². The van der Waals surface area contributed by atoms with Crippen LogP contribution < -0.4 is 0 Å². The van der Waals surface area contributed by atoms with Crippen molar-refractivity contribution >= 4 is 23.3 Å². The molecule has 0 aliphatic heterocycles. The third-order valence-corrected chi connectivity index (χ3v) is 2.81. The van der Waals surface area contributed by atoms with Crippen LogP contribution in [-0.2, 0) is 6.54 Å². The number of nitrogens with one attached hydrogen (secondary N) is 1. The Labute approximate surface area is 96.5 Å². The fourth-order valence-electron chi connectivity index (χ4n) is 1.74. The number of fused-ring (bicyclic) bond motifs is 1. The van der Waals surface area contributed by atoms with Crippen LogP contribution in [0.25, 0.3) is 11.0 Å². The molecule has 0 saturated carbocycles. The summed E-state index contributed by atoms with van der Waals surface area (Å²) in [6.45, 7) is 0.600. The third-order valence-electron chi connectivity index (χ3n) is 2.49. The van der Waals surface area contributed by atoms with Crippen LogP contribution in [0.2, 0.25) is 0 Å². The summed E-state index contributed by atoms with van der Waals surface area (Å²) in [4.78, 5) is 3.16. The van der Waals surface area contributed by atoms with E-state index in [4.69, 9.17) is 16.7 Å². The van der Waals surface area contributed by atoms with E-state index in [1.165, 1.54) is 0 Å². The smallest absolute Gasteiger partial charge is 0.178 e. The topological polar surface area (TPSA) is 46.8 Å². The molecule has 0 amide bonds. The lowest BCUT2D eigenvalue weighted by Crippen LogP contribution is -1.98. The fourth-order valence-corrected chi connectivity index (χ4v) is 2.02. The van der Waals surface area contributed by atoms with Crippen LogP contribution in [0, 0.1) is 4.77 Å². The summed E-state index contributed by atoms with van der Waals surface area (Å²) in [6.07, 6.45) is 1.63. The quantitative estimate of drug-likeness (QED) is 0.690. The minimum absolute atomic E-state index is 0.600. The molecular weight excluding hydrogens is 222 g/mol. The molecular formula is C11H9N3OS. The van der Waals surface area contributed by atoms with E-state index in [0.29, 0.717) is 11.3 Å². The van der Waals surface area contributed by atoms with Gasteiger partial charge in [-0.2, -0.15) is 0 Å². The largest absolute Gasteiger partial charge is 0.359 e. The Morgan fingerprint density at radius 1 is 1.31 bits per heavy atom. The van der Waals surface area contributed by atoms with Gasteiger partial charge in [-0.25, -0.2) is 0 Å². The van der Waals surface area contributed by atoms with Crippen molar-refractivity contribution in [3.05, 3.63) is 47.1 Å². The molecule has 0 fully saturated rings. The first-order chi connectivity index (χ1) is 7.84. The molecule has 0 atom stereocenters. The fraction of sp³-hybridized carbons (Fsp3) is 0.0909. The zero-order valence-corrected chi connectivity index (χ0v) is 9.20. The number of imidazole rings is 1. The van der Waals surface area contributed by atoms with Gasteiger partial charge in [0, 0.05) is 6.07 Å². The molecule has 0 spiro atoms. The summed E-state index contributed by atoms with van der Waals surface area (Å²) in [5.74, 6) is 0.792. The van der Waals surface area contributed by atoms with E-state index >= 15 is 0 Å². The van der Waals surface area contributed by atoms with E-state index in [2.05, 4.69) is 10.1 Å². The first-order valence-corrected chi connectivity index (χ1v) is 5.32. The number of benzene rings is 1. The highest BCUT2D eigenvalue weighted by molar-refractivity contribution is 7.71. The average molecular weight is 231 g/mol. The van der Waals surface area contributed by atoms with Gasteiger partial charge in [-0.1, -0.05) is 17.3 Å². The standard InChI is InChI=1S/C11H9N3OS/c16-11-13-9-3-1-2-4-10(9)14(11)7-8-5-6-12-15-8/h1-6H,7H2,(H,13,16). The molecule has 80 valence electrons. The molecule has 3 aromatic rings. The first-order valence-electron chi connectivity index (χ1n) is 4.92. The maximum atomic E-state index is 5.27. The zero-order chi connectivity index (χ0) is 11.0. The van der Waals surface area contributed by atoms with Crippen molar-refractivity contribution in [1.29, 1.82) is 0 Å². The van der Waals surface area contributed by atoms with Crippen molar-refractivity contribution in [2.75, 3.05) is 0 Å². The number of rotatable bonds is 2. The lowest BCUT2D eigenvalue weighted by Gasteiger charge is -2.00. The Balaban J connectivity index is 2.16. The molecule has 16 heavy (non-hydrogen) atoms. The van der Waals surface area contributed by atoms with Crippen molar-refractivity contribution in [3.63, 3.8) is 0 Å². The van der Waals surface area contributed by atoms with Gasteiger partial charge in [0.25, 0.3) is 0 Å². The van der Waals surface area contributed by atoms with Crippen LogP contribution in [0.15, 0.2) is 41.1 Å². The number of hydrogen-bond acceptors (Lipinski definition) is 3. The van der Waals surface area contributed by atoms with Gasteiger partial charge in [0.2, 0.25) is 0 Å². The Morgan fingerprint density at radius 2 is 2.19 bits per heavy atom. The van der Waals surface area contributed by atoms with Crippen LogP contribution in [0.1, 0.15) is 5.76 Å². The Bertz CT molecular complexity index is 666. The lowest BCUT2D eigenvalue weighted by atomic mass is 10.3. The highest BCUT2D eigenvalue weighted by Gasteiger charge is 2.05. The molecule has 4 nitrogen and oxygen atoms in total. The summed E-state index contributed by atoms with van der Waals surface area (Å²) < 4.78 is 7.76. The van der Waals surface area contributed by atoms with E-state index < -0.39 is 0 Å². The van der Waals surface area contributed by atoms with E-state index in [0.717, 1.165) is 16.8 Å². The summed E-state index contributed by atoms with van der Waals surface area (Å²) in [6, 6.07) is 9.83. The zero-order valence-electron chi connectivity index (χ0n) is 8.38. The SMILES string of the molecule is S=c1[nH]c2ccccc2n1Cc1ccno1. The minimum atomic E-state index is 0.600. The van der Waals surface area contributed by atoms with Gasteiger partial charge in [-0.05, 0) is 24.4 Å². The molecule has 0 unspecified atom stereocenters. The Morgan fingerprint density at radius 3 is 3.00 bits per heavy atom. The normalized spacial score (nSPS) is 11.0. The second kappa shape index (κ2) is 3.61. The summed E-state index contributed by atoms with van der Waals surface area (Å²) in [5.41, 5.74) is 2.11. The highest BCUT2D eigenvalue weighted by Crippen LogP contribution is 2.15. The predicted molar refractivity (Wildman–Crippen MR) is 62.7 cm³/mol. The first kappa shape index (κ1) is 9.35. The van der Waals surface area contributed by atoms with Crippen molar-refractivity contribution in [2.24, 2.45) is 0 Å². The second-order valence-corrected chi connectivity index (χ2v) is 3.90. The maximum Gasteiger partial charge on any atom is 0.178 e. The Hall–Kier alpha value is -1.88. The molecule has 0 aliphatic carbocycles. The molecule has 1 aromatic carbocycles.